The molecule has 0 fully saturated rings. The van der Waals surface area contributed by atoms with Crippen molar-refractivity contribution in [1.82, 2.24) is 10.2 Å². The second-order valence-corrected chi connectivity index (χ2v) is 6.36. The molecule has 1 N–H and O–H groups in total. The fourth-order valence-electron chi connectivity index (χ4n) is 1.87. The number of amides is 1. The van der Waals surface area contributed by atoms with Crippen molar-refractivity contribution in [1.29, 1.82) is 0 Å². The lowest BCUT2D eigenvalue weighted by Gasteiger charge is -2.32. The van der Waals surface area contributed by atoms with Gasteiger partial charge in [-0.25, -0.2) is 0 Å². The van der Waals surface area contributed by atoms with Crippen molar-refractivity contribution in [2.45, 2.75) is 38.6 Å². The van der Waals surface area contributed by atoms with Crippen LogP contribution in [0.5, 0.6) is 5.75 Å². The third kappa shape index (κ3) is 5.38. The number of carbonyl (C=O) groups excluding carboxylic acids is 1. The summed E-state index contributed by atoms with van der Waals surface area (Å²) in [7, 11) is 5.69. The number of rotatable bonds is 7. The van der Waals surface area contributed by atoms with Gasteiger partial charge in [-0.1, -0.05) is 19.1 Å². The second-order valence-electron chi connectivity index (χ2n) is 6.36. The quantitative estimate of drug-likeness (QED) is 0.840. The topological polar surface area (TPSA) is 41.6 Å². The molecule has 21 heavy (non-hydrogen) atoms. The van der Waals surface area contributed by atoms with Crippen LogP contribution in [0.4, 0.5) is 0 Å². The summed E-state index contributed by atoms with van der Waals surface area (Å²) in [5, 5.41) is 3.02. The first-order valence-electron chi connectivity index (χ1n) is 7.34. The summed E-state index contributed by atoms with van der Waals surface area (Å²) >= 11 is 0. The molecule has 118 valence electrons. The van der Waals surface area contributed by atoms with Crippen molar-refractivity contribution in [3.8, 4) is 5.75 Å². The number of benzene rings is 1. The predicted molar refractivity (Wildman–Crippen MR) is 86.8 cm³/mol. The highest BCUT2D eigenvalue weighted by molar-refractivity contribution is 5.76. The lowest BCUT2D eigenvalue weighted by atomic mass is 9.97. The van der Waals surface area contributed by atoms with E-state index in [9.17, 15) is 4.79 Å². The number of carbonyl (C=O) groups is 1. The van der Waals surface area contributed by atoms with Gasteiger partial charge >= 0.3 is 0 Å². The zero-order valence-corrected chi connectivity index (χ0v) is 14.1. The molecule has 0 aliphatic rings. The average Bonchev–Trinajstić information content (AvgIpc) is 2.45. The summed E-state index contributed by atoms with van der Waals surface area (Å²) in [6.07, 6.45) is 0.496. The maximum Gasteiger partial charge on any atom is 0.220 e. The Morgan fingerprint density at radius 1 is 1.29 bits per heavy atom. The van der Waals surface area contributed by atoms with Crippen LogP contribution in [0.2, 0.25) is 0 Å². The molecule has 0 aliphatic heterocycles. The van der Waals surface area contributed by atoms with Gasteiger partial charge < -0.3 is 15.0 Å². The molecule has 4 nitrogen and oxygen atoms in total. The van der Waals surface area contributed by atoms with Gasteiger partial charge in [-0.3, -0.25) is 4.79 Å². The van der Waals surface area contributed by atoms with Gasteiger partial charge in [0, 0.05) is 18.5 Å². The Kier molecular flexibility index (Phi) is 6.21. The normalized spacial score (nSPS) is 13.1. The van der Waals surface area contributed by atoms with E-state index in [0.717, 1.165) is 11.3 Å². The molecule has 1 unspecified atom stereocenters. The van der Waals surface area contributed by atoms with Gasteiger partial charge in [0.25, 0.3) is 0 Å². The molecule has 0 aliphatic carbocycles. The Morgan fingerprint density at radius 2 is 1.86 bits per heavy atom. The molecular formula is C17H28N2O2. The monoisotopic (exact) mass is 292 g/mol. The van der Waals surface area contributed by atoms with Crippen molar-refractivity contribution in [2.75, 3.05) is 27.7 Å². The van der Waals surface area contributed by atoms with E-state index in [2.05, 4.69) is 31.0 Å². The summed E-state index contributed by atoms with van der Waals surface area (Å²) in [6, 6.07) is 7.89. The standard InChI is InChI=1S/C17H28N2O2/c1-13(14-7-9-15(21-6)10-8-14)11-16(20)18-12-17(2,3)19(4)5/h7-10,13H,11-12H2,1-6H3,(H,18,20). The number of nitrogens with zero attached hydrogens (tertiary/aromatic N) is 1. The first kappa shape index (κ1) is 17.5. The number of likely N-dealkylation sites (N-methyl/N-ethyl adjacent to an activating group) is 1. The van der Waals surface area contributed by atoms with Crippen LogP contribution in [0, 0.1) is 0 Å². The minimum atomic E-state index is -0.0426. The molecule has 1 amide bonds. The van der Waals surface area contributed by atoms with E-state index in [1.165, 1.54) is 0 Å². The van der Waals surface area contributed by atoms with Crippen LogP contribution in [0.3, 0.4) is 0 Å². The second kappa shape index (κ2) is 7.46. The highest BCUT2D eigenvalue weighted by atomic mass is 16.5. The van der Waals surface area contributed by atoms with Crippen LogP contribution in [0.1, 0.15) is 38.7 Å². The molecule has 0 saturated carbocycles. The largest absolute Gasteiger partial charge is 0.497 e. The molecule has 0 aromatic heterocycles. The molecule has 0 heterocycles. The SMILES string of the molecule is COc1ccc(C(C)CC(=O)NCC(C)(C)N(C)C)cc1. The van der Waals surface area contributed by atoms with Gasteiger partial charge in [-0.15, -0.1) is 0 Å². The van der Waals surface area contributed by atoms with Crippen LogP contribution >= 0.6 is 0 Å². The van der Waals surface area contributed by atoms with Gasteiger partial charge in [0.2, 0.25) is 5.91 Å². The average molecular weight is 292 g/mol. The van der Waals surface area contributed by atoms with Crippen LogP contribution in [-0.4, -0.2) is 44.1 Å². The van der Waals surface area contributed by atoms with Crippen molar-refractivity contribution in [3.05, 3.63) is 29.8 Å². The maximum absolute atomic E-state index is 12.1. The zero-order valence-electron chi connectivity index (χ0n) is 14.1. The minimum absolute atomic E-state index is 0.0426. The maximum atomic E-state index is 12.1. The molecular weight excluding hydrogens is 264 g/mol. The zero-order chi connectivity index (χ0) is 16.0. The molecule has 0 saturated heterocycles. The Labute approximate surface area is 128 Å². The molecule has 1 rings (SSSR count). The van der Waals surface area contributed by atoms with E-state index < -0.39 is 0 Å². The van der Waals surface area contributed by atoms with Gasteiger partial charge in [0.05, 0.1) is 7.11 Å². The summed E-state index contributed by atoms with van der Waals surface area (Å²) < 4.78 is 5.14. The van der Waals surface area contributed by atoms with Crippen molar-refractivity contribution in [2.24, 2.45) is 0 Å². The van der Waals surface area contributed by atoms with Gasteiger partial charge in [0.15, 0.2) is 0 Å². The summed E-state index contributed by atoms with van der Waals surface area (Å²) in [5.74, 6) is 1.12. The minimum Gasteiger partial charge on any atom is -0.497 e. The first-order chi connectivity index (χ1) is 9.76. The van der Waals surface area contributed by atoms with E-state index >= 15 is 0 Å². The van der Waals surface area contributed by atoms with Crippen LogP contribution in [0.25, 0.3) is 0 Å². The Morgan fingerprint density at radius 3 is 2.33 bits per heavy atom. The number of hydrogen-bond acceptors (Lipinski definition) is 3. The molecule has 0 spiro atoms. The molecule has 1 atom stereocenters. The van der Waals surface area contributed by atoms with Crippen molar-refractivity contribution >= 4 is 5.91 Å². The summed E-state index contributed by atoms with van der Waals surface area (Å²) in [6.45, 7) is 6.94. The van der Waals surface area contributed by atoms with Crippen molar-refractivity contribution < 1.29 is 9.53 Å². The van der Waals surface area contributed by atoms with Crippen molar-refractivity contribution in [3.63, 3.8) is 0 Å². The molecule has 1 aromatic carbocycles. The van der Waals surface area contributed by atoms with E-state index in [1.807, 2.05) is 38.4 Å². The Balaban J connectivity index is 2.50. The summed E-state index contributed by atoms with van der Waals surface area (Å²) in [4.78, 5) is 14.2. The summed E-state index contributed by atoms with van der Waals surface area (Å²) in [5.41, 5.74) is 1.11. The van der Waals surface area contributed by atoms with Gasteiger partial charge in [-0.05, 0) is 51.6 Å². The molecule has 0 radical (unpaired) electrons. The highest BCUT2D eigenvalue weighted by Gasteiger charge is 2.21. The molecule has 0 bridgehead atoms. The van der Waals surface area contributed by atoms with E-state index in [0.29, 0.717) is 13.0 Å². The smallest absolute Gasteiger partial charge is 0.220 e. The first-order valence-corrected chi connectivity index (χ1v) is 7.34. The van der Waals surface area contributed by atoms with E-state index in [4.69, 9.17) is 4.74 Å². The lowest BCUT2D eigenvalue weighted by Crippen LogP contribution is -2.48. The third-order valence-electron chi connectivity index (χ3n) is 4.11. The number of nitrogens with one attached hydrogen (secondary N) is 1. The lowest BCUT2D eigenvalue weighted by molar-refractivity contribution is -0.121. The molecule has 4 heteroatoms. The number of ether oxygens (including phenoxy) is 1. The van der Waals surface area contributed by atoms with E-state index in [-0.39, 0.29) is 17.4 Å². The highest BCUT2D eigenvalue weighted by Crippen LogP contribution is 2.21. The molecule has 1 aromatic rings. The van der Waals surface area contributed by atoms with Crippen LogP contribution in [-0.2, 0) is 4.79 Å². The number of hydrogen-bond donors (Lipinski definition) is 1. The number of methoxy groups -OCH3 is 1. The van der Waals surface area contributed by atoms with Crippen LogP contribution in [0.15, 0.2) is 24.3 Å². The Bertz CT molecular complexity index is 452. The van der Waals surface area contributed by atoms with Crippen LogP contribution < -0.4 is 10.1 Å². The fraction of sp³-hybridized carbons (Fsp3) is 0.588. The van der Waals surface area contributed by atoms with Gasteiger partial charge in [-0.2, -0.15) is 0 Å². The van der Waals surface area contributed by atoms with E-state index in [1.54, 1.807) is 7.11 Å². The predicted octanol–water partition coefficient (Wildman–Crippen LogP) is 2.65. The van der Waals surface area contributed by atoms with Gasteiger partial charge in [0.1, 0.15) is 5.75 Å². The third-order valence-corrected chi connectivity index (χ3v) is 4.11. The fourth-order valence-corrected chi connectivity index (χ4v) is 1.87. The Hall–Kier alpha value is -1.55.